The van der Waals surface area contributed by atoms with Gasteiger partial charge >= 0.3 is 6.18 Å². The van der Waals surface area contributed by atoms with Gasteiger partial charge < -0.3 is 5.32 Å². The van der Waals surface area contributed by atoms with E-state index < -0.39 is 11.7 Å². The second-order valence-electron chi connectivity index (χ2n) is 5.16. The van der Waals surface area contributed by atoms with E-state index in [-0.39, 0.29) is 11.6 Å². The van der Waals surface area contributed by atoms with E-state index >= 15 is 0 Å². The van der Waals surface area contributed by atoms with Crippen molar-refractivity contribution in [2.45, 2.75) is 45.8 Å². The molecule has 1 aromatic rings. The van der Waals surface area contributed by atoms with E-state index in [1.165, 1.54) is 12.1 Å². The van der Waals surface area contributed by atoms with E-state index in [4.69, 9.17) is 5.26 Å². The third-order valence-corrected chi connectivity index (χ3v) is 3.31. The molecule has 5 heteroatoms. The van der Waals surface area contributed by atoms with Crippen LogP contribution in [-0.4, -0.2) is 6.04 Å². The van der Waals surface area contributed by atoms with Crippen LogP contribution in [0.4, 0.5) is 18.9 Å². The molecule has 0 aliphatic rings. The Balaban J connectivity index is 2.91. The summed E-state index contributed by atoms with van der Waals surface area (Å²) in [6.45, 7) is 6.14. The number of rotatable bonds is 5. The molecule has 0 saturated carbocycles. The zero-order chi connectivity index (χ0) is 15.3. The topological polar surface area (TPSA) is 35.8 Å². The van der Waals surface area contributed by atoms with Gasteiger partial charge in [-0.05, 0) is 37.5 Å². The zero-order valence-electron chi connectivity index (χ0n) is 11.9. The first-order chi connectivity index (χ1) is 9.27. The molecule has 2 unspecified atom stereocenters. The van der Waals surface area contributed by atoms with Gasteiger partial charge in [-0.25, -0.2) is 0 Å². The third kappa shape index (κ3) is 4.44. The van der Waals surface area contributed by atoms with Gasteiger partial charge in [0.25, 0.3) is 0 Å². The van der Waals surface area contributed by atoms with E-state index in [0.29, 0.717) is 11.6 Å². The fraction of sp³-hybridized carbons (Fsp3) is 0.533. The summed E-state index contributed by atoms with van der Waals surface area (Å²) in [6.07, 6.45) is -2.59. The summed E-state index contributed by atoms with van der Waals surface area (Å²) >= 11 is 0. The average molecular weight is 284 g/mol. The highest BCUT2D eigenvalue weighted by atomic mass is 19.4. The molecule has 0 saturated heterocycles. The van der Waals surface area contributed by atoms with Crippen LogP contribution in [0.2, 0.25) is 0 Å². The first-order valence-electron chi connectivity index (χ1n) is 6.65. The fourth-order valence-electron chi connectivity index (χ4n) is 2.08. The number of benzene rings is 1. The molecular weight excluding hydrogens is 265 g/mol. The van der Waals surface area contributed by atoms with Gasteiger partial charge in [-0.1, -0.05) is 20.3 Å². The molecule has 0 aliphatic heterocycles. The lowest BCUT2D eigenvalue weighted by molar-refractivity contribution is -0.137. The first-order valence-corrected chi connectivity index (χ1v) is 6.65. The summed E-state index contributed by atoms with van der Waals surface area (Å²) in [5, 5.41) is 11.8. The highest BCUT2D eigenvalue weighted by molar-refractivity contribution is 5.53. The van der Waals surface area contributed by atoms with Crippen molar-refractivity contribution in [1.29, 1.82) is 5.26 Å². The molecule has 0 spiro atoms. The largest absolute Gasteiger partial charge is 0.417 e. The predicted molar refractivity (Wildman–Crippen MR) is 73.3 cm³/mol. The number of nitriles is 1. The second-order valence-corrected chi connectivity index (χ2v) is 5.16. The number of hydrogen-bond donors (Lipinski definition) is 1. The summed E-state index contributed by atoms with van der Waals surface area (Å²) < 4.78 is 38.5. The molecule has 2 atom stereocenters. The Hall–Kier alpha value is -1.70. The van der Waals surface area contributed by atoms with Gasteiger partial charge in [0, 0.05) is 11.7 Å². The van der Waals surface area contributed by atoms with E-state index in [2.05, 4.69) is 19.2 Å². The Kier molecular flexibility index (Phi) is 5.43. The maximum Gasteiger partial charge on any atom is 0.417 e. The lowest BCUT2D eigenvalue weighted by Crippen LogP contribution is -2.19. The van der Waals surface area contributed by atoms with E-state index in [9.17, 15) is 13.2 Å². The van der Waals surface area contributed by atoms with Crippen molar-refractivity contribution in [2.24, 2.45) is 5.92 Å². The SMILES string of the molecule is CCC(C)CC(C)Nc1ccc(C#N)c(C(F)(F)F)c1. The van der Waals surface area contributed by atoms with Gasteiger partial charge in [0.2, 0.25) is 0 Å². The summed E-state index contributed by atoms with van der Waals surface area (Å²) in [6, 6.07) is 5.39. The second kappa shape index (κ2) is 6.65. The minimum Gasteiger partial charge on any atom is -0.383 e. The Morgan fingerprint density at radius 3 is 2.45 bits per heavy atom. The number of alkyl halides is 3. The highest BCUT2D eigenvalue weighted by Crippen LogP contribution is 2.33. The molecule has 0 heterocycles. The molecule has 0 aromatic heterocycles. The van der Waals surface area contributed by atoms with Crippen molar-refractivity contribution < 1.29 is 13.2 Å². The maximum absolute atomic E-state index is 12.8. The van der Waals surface area contributed by atoms with Crippen molar-refractivity contribution in [2.75, 3.05) is 5.32 Å². The van der Waals surface area contributed by atoms with Gasteiger partial charge in [-0.15, -0.1) is 0 Å². The molecule has 1 N–H and O–H groups in total. The van der Waals surface area contributed by atoms with E-state index in [1.54, 1.807) is 6.07 Å². The van der Waals surface area contributed by atoms with Crippen LogP contribution in [0.25, 0.3) is 0 Å². The Labute approximate surface area is 117 Å². The van der Waals surface area contributed by atoms with Crippen LogP contribution in [0.3, 0.4) is 0 Å². The van der Waals surface area contributed by atoms with Crippen molar-refractivity contribution in [1.82, 2.24) is 0 Å². The van der Waals surface area contributed by atoms with Crippen molar-refractivity contribution >= 4 is 5.69 Å². The molecule has 0 amide bonds. The fourth-order valence-corrected chi connectivity index (χ4v) is 2.08. The third-order valence-electron chi connectivity index (χ3n) is 3.31. The van der Waals surface area contributed by atoms with Crippen LogP contribution in [0.5, 0.6) is 0 Å². The summed E-state index contributed by atoms with van der Waals surface area (Å²) in [4.78, 5) is 0. The molecule has 20 heavy (non-hydrogen) atoms. The standard InChI is InChI=1S/C15H19F3N2/c1-4-10(2)7-11(3)20-13-6-5-12(9-19)14(8-13)15(16,17)18/h5-6,8,10-11,20H,4,7H2,1-3H3. The van der Waals surface area contributed by atoms with Crippen molar-refractivity contribution in [3.05, 3.63) is 29.3 Å². The highest BCUT2D eigenvalue weighted by Gasteiger charge is 2.33. The summed E-state index contributed by atoms with van der Waals surface area (Å²) in [5.41, 5.74) is -0.842. The normalized spacial score (nSPS) is 14.4. The minimum atomic E-state index is -4.51. The summed E-state index contributed by atoms with van der Waals surface area (Å²) in [5.74, 6) is 0.512. The monoisotopic (exact) mass is 284 g/mol. The van der Waals surface area contributed by atoms with Crippen molar-refractivity contribution in [3.8, 4) is 6.07 Å². The Morgan fingerprint density at radius 1 is 1.30 bits per heavy atom. The van der Waals surface area contributed by atoms with Crippen LogP contribution < -0.4 is 5.32 Å². The minimum absolute atomic E-state index is 0.0824. The summed E-state index contributed by atoms with van der Waals surface area (Å²) in [7, 11) is 0. The lowest BCUT2D eigenvalue weighted by atomic mass is 10.00. The molecule has 0 fully saturated rings. The Morgan fingerprint density at radius 2 is 1.95 bits per heavy atom. The van der Waals surface area contributed by atoms with Gasteiger partial charge in [0.05, 0.1) is 17.2 Å². The first kappa shape index (κ1) is 16.4. The van der Waals surface area contributed by atoms with E-state index in [1.807, 2.05) is 6.92 Å². The van der Waals surface area contributed by atoms with Crippen LogP contribution >= 0.6 is 0 Å². The van der Waals surface area contributed by atoms with Crippen LogP contribution in [0.1, 0.15) is 44.7 Å². The van der Waals surface area contributed by atoms with Gasteiger partial charge in [0.1, 0.15) is 0 Å². The number of nitrogens with one attached hydrogen (secondary N) is 1. The number of hydrogen-bond acceptors (Lipinski definition) is 2. The molecule has 1 aromatic carbocycles. The lowest BCUT2D eigenvalue weighted by Gasteiger charge is -2.19. The molecule has 0 aliphatic carbocycles. The molecule has 2 nitrogen and oxygen atoms in total. The number of nitrogens with zero attached hydrogens (tertiary/aromatic N) is 1. The molecule has 110 valence electrons. The molecule has 1 rings (SSSR count). The molecule has 0 radical (unpaired) electrons. The molecule has 0 bridgehead atoms. The smallest absolute Gasteiger partial charge is 0.383 e. The maximum atomic E-state index is 12.8. The van der Waals surface area contributed by atoms with Gasteiger partial charge in [-0.3, -0.25) is 0 Å². The van der Waals surface area contributed by atoms with Crippen molar-refractivity contribution in [3.63, 3.8) is 0 Å². The van der Waals surface area contributed by atoms with Gasteiger partial charge in [-0.2, -0.15) is 18.4 Å². The predicted octanol–water partition coefficient (Wildman–Crippen LogP) is 4.81. The zero-order valence-corrected chi connectivity index (χ0v) is 11.9. The number of anilines is 1. The Bertz CT molecular complexity index is 489. The molecular formula is C15H19F3N2. The van der Waals surface area contributed by atoms with Crippen LogP contribution in [-0.2, 0) is 6.18 Å². The van der Waals surface area contributed by atoms with Crippen LogP contribution in [0, 0.1) is 17.2 Å². The average Bonchev–Trinajstić information content (AvgIpc) is 2.37. The van der Waals surface area contributed by atoms with E-state index in [0.717, 1.165) is 18.9 Å². The quantitative estimate of drug-likeness (QED) is 0.842. The van der Waals surface area contributed by atoms with Crippen LogP contribution in [0.15, 0.2) is 18.2 Å². The number of halogens is 3. The van der Waals surface area contributed by atoms with Gasteiger partial charge in [0.15, 0.2) is 0 Å².